The van der Waals surface area contributed by atoms with Gasteiger partial charge in [0.25, 0.3) is 0 Å². The van der Waals surface area contributed by atoms with Crippen molar-refractivity contribution in [2.45, 2.75) is 24.9 Å². The maximum atomic E-state index is 11.7. The summed E-state index contributed by atoms with van der Waals surface area (Å²) in [7, 11) is 1.46. The molecule has 18 heavy (non-hydrogen) atoms. The maximum absolute atomic E-state index is 11.7. The van der Waals surface area contributed by atoms with Crippen molar-refractivity contribution in [3.8, 4) is 0 Å². The van der Waals surface area contributed by atoms with Crippen molar-refractivity contribution in [3.05, 3.63) is 35.9 Å². The molecule has 1 aliphatic rings. The standard InChI is InChI=1S/C13H16O5/c1-16-13-11(14)7-10(18-13)8-17-12(15)9-5-3-2-4-6-9/h2-6,10-11,13-14H,7-8H2,1H3. The van der Waals surface area contributed by atoms with Crippen molar-refractivity contribution >= 4 is 5.97 Å². The first-order valence-corrected chi connectivity index (χ1v) is 5.79. The van der Waals surface area contributed by atoms with Gasteiger partial charge in [0.1, 0.15) is 12.7 Å². The summed E-state index contributed by atoms with van der Waals surface area (Å²) in [4.78, 5) is 11.7. The summed E-state index contributed by atoms with van der Waals surface area (Å²) in [5, 5.41) is 9.55. The van der Waals surface area contributed by atoms with Crippen LogP contribution in [0.15, 0.2) is 30.3 Å². The molecular weight excluding hydrogens is 236 g/mol. The molecular formula is C13H16O5. The molecule has 3 unspecified atom stereocenters. The van der Waals surface area contributed by atoms with Crippen LogP contribution in [0.4, 0.5) is 0 Å². The minimum atomic E-state index is -0.671. The lowest BCUT2D eigenvalue weighted by Crippen LogP contribution is -2.22. The van der Waals surface area contributed by atoms with E-state index in [-0.39, 0.29) is 12.7 Å². The van der Waals surface area contributed by atoms with Crippen LogP contribution in [0.1, 0.15) is 16.8 Å². The van der Waals surface area contributed by atoms with E-state index in [2.05, 4.69) is 0 Å². The fourth-order valence-electron chi connectivity index (χ4n) is 1.86. The van der Waals surface area contributed by atoms with Gasteiger partial charge in [-0.2, -0.15) is 0 Å². The fourth-order valence-corrected chi connectivity index (χ4v) is 1.86. The van der Waals surface area contributed by atoms with Crippen LogP contribution in [0.3, 0.4) is 0 Å². The van der Waals surface area contributed by atoms with E-state index in [4.69, 9.17) is 14.2 Å². The Kier molecular flexibility index (Phi) is 4.30. The van der Waals surface area contributed by atoms with Gasteiger partial charge in [-0.15, -0.1) is 0 Å². The number of hydrogen-bond donors (Lipinski definition) is 1. The first-order chi connectivity index (χ1) is 8.70. The zero-order chi connectivity index (χ0) is 13.0. The van der Waals surface area contributed by atoms with Crippen LogP contribution >= 0.6 is 0 Å². The predicted molar refractivity (Wildman–Crippen MR) is 63.0 cm³/mol. The van der Waals surface area contributed by atoms with Gasteiger partial charge < -0.3 is 19.3 Å². The number of carbonyl (C=O) groups is 1. The molecule has 98 valence electrons. The SMILES string of the molecule is COC1OC(COC(=O)c2ccccc2)CC1O. The van der Waals surface area contributed by atoms with Crippen LogP contribution in [0, 0.1) is 0 Å². The monoisotopic (exact) mass is 252 g/mol. The van der Waals surface area contributed by atoms with E-state index in [0.717, 1.165) is 0 Å². The smallest absolute Gasteiger partial charge is 0.338 e. The fraction of sp³-hybridized carbons (Fsp3) is 0.462. The molecule has 1 aromatic rings. The van der Waals surface area contributed by atoms with E-state index in [1.807, 2.05) is 6.07 Å². The Morgan fingerprint density at radius 2 is 2.17 bits per heavy atom. The zero-order valence-electron chi connectivity index (χ0n) is 10.1. The van der Waals surface area contributed by atoms with Crippen molar-refractivity contribution < 1.29 is 24.1 Å². The maximum Gasteiger partial charge on any atom is 0.338 e. The van der Waals surface area contributed by atoms with Gasteiger partial charge in [-0.1, -0.05) is 18.2 Å². The van der Waals surface area contributed by atoms with Crippen LogP contribution in [0.2, 0.25) is 0 Å². The van der Waals surface area contributed by atoms with Crippen LogP contribution in [-0.2, 0) is 14.2 Å². The highest BCUT2D eigenvalue weighted by Crippen LogP contribution is 2.21. The summed E-state index contributed by atoms with van der Waals surface area (Å²) < 4.78 is 15.4. The van der Waals surface area contributed by atoms with E-state index in [1.54, 1.807) is 24.3 Å². The van der Waals surface area contributed by atoms with Gasteiger partial charge in [-0.05, 0) is 12.1 Å². The van der Waals surface area contributed by atoms with Crippen molar-refractivity contribution in [2.24, 2.45) is 0 Å². The second kappa shape index (κ2) is 5.95. The molecule has 1 aromatic carbocycles. The summed E-state index contributed by atoms with van der Waals surface area (Å²) in [5.41, 5.74) is 0.499. The number of rotatable bonds is 4. The number of benzene rings is 1. The minimum absolute atomic E-state index is 0.116. The minimum Gasteiger partial charge on any atom is -0.459 e. The number of aliphatic hydroxyl groups excluding tert-OH is 1. The van der Waals surface area contributed by atoms with E-state index in [0.29, 0.717) is 12.0 Å². The van der Waals surface area contributed by atoms with Gasteiger partial charge in [0.15, 0.2) is 6.29 Å². The first-order valence-electron chi connectivity index (χ1n) is 5.79. The van der Waals surface area contributed by atoms with Crippen LogP contribution in [0.5, 0.6) is 0 Å². The van der Waals surface area contributed by atoms with Crippen LogP contribution in [0.25, 0.3) is 0 Å². The Morgan fingerprint density at radius 1 is 1.44 bits per heavy atom. The molecule has 1 fully saturated rings. The molecule has 0 amide bonds. The second-order valence-corrected chi connectivity index (χ2v) is 4.13. The van der Waals surface area contributed by atoms with Crippen LogP contribution < -0.4 is 0 Å². The Hall–Kier alpha value is -1.43. The Morgan fingerprint density at radius 3 is 2.78 bits per heavy atom. The summed E-state index contributed by atoms with van der Waals surface area (Å²) >= 11 is 0. The molecule has 0 spiro atoms. The molecule has 2 rings (SSSR count). The highest BCUT2D eigenvalue weighted by atomic mass is 16.7. The normalized spacial score (nSPS) is 27.1. The highest BCUT2D eigenvalue weighted by Gasteiger charge is 2.34. The van der Waals surface area contributed by atoms with Gasteiger partial charge in [-0.25, -0.2) is 4.79 Å². The number of esters is 1. The lowest BCUT2D eigenvalue weighted by Gasteiger charge is -2.12. The highest BCUT2D eigenvalue weighted by molar-refractivity contribution is 5.89. The average molecular weight is 252 g/mol. The van der Waals surface area contributed by atoms with Crippen molar-refractivity contribution in [1.29, 1.82) is 0 Å². The summed E-state index contributed by atoms with van der Waals surface area (Å²) in [6, 6.07) is 8.74. The molecule has 3 atom stereocenters. The lowest BCUT2D eigenvalue weighted by atomic mass is 10.2. The molecule has 0 radical (unpaired) electrons. The average Bonchev–Trinajstić information content (AvgIpc) is 2.77. The van der Waals surface area contributed by atoms with E-state index >= 15 is 0 Å². The molecule has 0 aliphatic carbocycles. The van der Waals surface area contributed by atoms with Crippen molar-refractivity contribution in [3.63, 3.8) is 0 Å². The van der Waals surface area contributed by atoms with Crippen molar-refractivity contribution in [1.82, 2.24) is 0 Å². The number of ether oxygens (including phenoxy) is 3. The second-order valence-electron chi connectivity index (χ2n) is 4.13. The largest absolute Gasteiger partial charge is 0.459 e. The lowest BCUT2D eigenvalue weighted by molar-refractivity contribution is -0.153. The van der Waals surface area contributed by atoms with E-state index in [9.17, 15) is 9.90 Å². The van der Waals surface area contributed by atoms with Gasteiger partial charge >= 0.3 is 5.97 Å². The van der Waals surface area contributed by atoms with Crippen LogP contribution in [-0.4, -0.2) is 43.3 Å². The Labute approximate surface area is 105 Å². The Bertz CT molecular complexity index is 392. The Balaban J connectivity index is 1.81. The first kappa shape index (κ1) is 13.0. The topological polar surface area (TPSA) is 65.0 Å². The quantitative estimate of drug-likeness (QED) is 0.809. The number of carbonyl (C=O) groups excluding carboxylic acids is 1. The predicted octanol–water partition coefficient (Wildman–Crippen LogP) is 0.966. The number of aliphatic hydroxyl groups is 1. The third-order valence-electron chi connectivity index (χ3n) is 2.79. The van der Waals surface area contributed by atoms with Gasteiger partial charge in [-0.3, -0.25) is 0 Å². The summed E-state index contributed by atoms with van der Waals surface area (Å²) in [6.07, 6.45) is -1.22. The number of hydrogen-bond acceptors (Lipinski definition) is 5. The molecule has 5 nitrogen and oxygen atoms in total. The van der Waals surface area contributed by atoms with E-state index < -0.39 is 18.4 Å². The van der Waals surface area contributed by atoms with Gasteiger partial charge in [0.05, 0.1) is 11.7 Å². The molecule has 0 saturated carbocycles. The molecule has 0 aromatic heterocycles. The summed E-state index contributed by atoms with van der Waals surface area (Å²) in [5.74, 6) is -0.394. The molecule has 1 N–H and O–H groups in total. The van der Waals surface area contributed by atoms with Crippen molar-refractivity contribution in [2.75, 3.05) is 13.7 Å². The van der Waals surface area contributed by atoms with E-state index in [1.165, 1.54) is 7.11 Å². The zero-order valence-corrected chi connectivity index (χ0v) is 10.1. The molecule has 5 heteroatoms. The summed E-state index contributed by atoms with van der Waals surface area (Å²) in [6.45, 7) is 0.116. The third-order valence-corrected chi connectivity index (χ3v) is 2.79. The van der Waals surface area contributed by atoms with Gasteiger partial charge in [0, 0.05) is 13.5 Å². The molecule has 1 heterocycles. The molecule has 1 aliphatic heterocycles. The third kappa shape index (κ3) is 3.07. The number of methoxy groups -OCH3 is 1. The molecule has 0 bridgehead atoms. The van der Waals surface area contributed by atoms with Gasteiger partial charge in [0.2, 0.25) is 0 Å². The molecule has 1 saturated heterocycles.